The molecule has 8 heteroatoms. The van der Waals surface area contributed by atoms with Gasteiger partial charge >= 0.3 is 5.97 Å². The normalized spacial score (nSPS) is 10.1. The number of rotatable bonds is 5. The molecule has 5 nitrogen and oxygen atoms in total. The topological polar surface area (TPSA) is 77.2 Å². The fourth-order valence-electron chi connectivity index (χ4n) is 0.982. The van der Waals surface area contributed by atoms with Crippen LogP contribution in [0.5, 0.6) is 0 Å². The van der Waals surface area contributed by atoms with E-state index in [9.17, 15) is 13.6 Å². The summed E-state index contributed by atoms with van der Waals surface area (Å²) in [5, 5.41) is -0.118. The molecular formula is C9H11F2N3O2S. The fourth-order valence-corrected chi connectivity index (χ4v) is 1.67. The average molecular weight is 263 g/mol. The molecule has 0 spiro atoms. The van der Waals surface area contributed by atoms with Crippen molar-refractivity contribution in [3.05, 3.63) is 17.7 Å². The van der Waals surface area contributed by atoms with Crippen molar-refractivity contribution in [1.29, 1.82) is 0 Å². The van der Waals surface area contributed by atoms with E-state index in [0.717, 1.165) is 11.8 Å². The van der Waals surface area contributed by atoms with Crippen molar-refractivity contribution >= 4 is 23.5 Å². The second kappa shape index (κ2) is 6.36. The third kappa shape index (κ3) is 3.82. The lowest BCUT2D eigenvalue weighted by atomic mass is 10.4. The van der Waals surface area contributed by atoms with Gasteiger partial charge in [0.25, 0.3) is 0 Å². The van der Waals surface area contributed by atoms with Gasteiger partial charge in [0.15, 0.2) is 17.5 Å². The number of hydrazine groups is 1. The summed E-state index contributed by atoms with van der Waals surface area (Å²) in [5.41, 5.74) is 1.99. The first-order valence-electron chi connectivity index (χ1n) is 4.69. The molecule has 0 saturated heterocycles. The maximum atomic E-state index is 13.3. The lowest BCUT2D eigenvalue weighted by Gasteiger charge is -2.06. The quantitative estimate of drug-likeness (QED) is 0.361. The predicted octanol–water partition coefficient (Wildman–Crippen LogP) is 1.30. The number of aromatic nitrogens is 1. The van der Waals surface area contributed by atoms with Crippen molar-refractivity contribution in [3.63, 3.8) is 0 Å². The molecule has 0 saturated carbocycles. The van der Waals surface area contributed by atoms with Gasteiger partial charge in [0, 0.05) is 6.07 Å². The molecule has 0 unspecified atom stereocenters. The monoisotopic (exact) mass is 263 g/mol. The van der Waals surface area contributed by atoms with Crippen molar-refractivity contribution in [2.24, 2.45) is 5.84 Å². The molecule has 3 N–H and O–H groups in total. The van der Waals surface area contributed by atoms with E-state index in [1.54, 1.807) is 6.92 Å². The number of nitrogens with one attached hydrogen (secondary N) is 1. The van der Waals surface area contributed by atoms with Crippen LogP contribution in [0.15, 0.2) is 11.1 Å². The van der Waals surface area contributed by atoms with Gasteiger partial charge in [-0.15, -0.1) is 0 Å². The van der Waals surface area contributed by atoms with Crippen molar-refractivity contribution in [2.45, 2.75) is 11.9 Å². The molecule has 0 amide bonds. The van der Waals surface area contributed by atoms with Crippen molar-refractivity contribution in [1.82, 2.24) is 4.98 Å². The Labute approximate surface area is 101 Å². The summed E-state index contributed by atoms with van der Waals surface area (Å²) in [7, 11) is 0. The molecule has 1 aromatic heterocycles. The highest BCUT2D eigenvalue weighted by atomic mass is 32.2. The van der Waals surface area contributed by atoms with E-state index in [1.807, 2.05) is 5.43 Å². The number of carbonyl (C=O) groups is 1. The molecule has 17 heavy (non-hydrogen) atoms. The molecule has 0 aliphatic carbocycles. The Morgan fingerprint density at radius 2 is 2.29 bits per heavy atom. The number of nitrogens with two attached hydrogens (primary N) is 1. The number of ether oxygens (including phenoxy) is 1. The van der Waals surface area contributed by atoms with Gasteiger partial charge in [0.1, 0.15) is 5.03 Å². The molecule has 94 valence electrons. The minimum atomic E-state index is -0.898. The average Bonchev–Trinajstić information content (AvgIpc) is 2.28. The van der Waals surface area contributed by atoms with Gasteiger partial charge in [0.2, 0.25) is 0 Å². The molecular weight excluding hydrogens is 252 g/mol. The van der Waals surface area contributed by atoms with Crippen LogP contribution >= 0.6 is 11.8 Å². The molecule has 1 heterocycles. The molecule has 1 rings (SSSR count). The van der Waals surface area contributed by atoms with E-state index in [0.29, 0.717) is 6.07 Å². The molecule has 0 radical (unpaired) electrons. The van der Waals surface area contributed by atoms with Crippen molar-refractivity contribution in [2.75, 3.05) is 17.8 Å². The Hall–Kier alpha value is -1.41. The number of hydrogen-bond donors (Lipinski definition) is 2. The molecule has 0 aromatic carbocycles. The standard InChI is InChI=1S/C9H11F2N3O2S/c1-2-16-7(15)4-17-9-6(11)3-5(10)8(13-9)14-12/h3H,2,4,12H2,1H3,(H,13,14). The number of nitrogens with zero attached hydrogens (tertiary/aromatic N) is 1. The molecule has 0 aliphatic heterocycles. The summed E-state index contributed by atoms with van der Waals surface area (Å²) >= 11 is 0.810. The third-order valence-electron chi connectivity index (χ3n) is 1.67. The van der Waals surface area contributed by atoms with Gasteiger partial charge in [-0.1, -0.05) is 11.8 Å². The van der Waals surface area contributed by atoms with Gasteiger partial charge in [-0.05, 0) is 6.92 Å². The number of anilines is 1. The molecule has 0 fully saturated rings. The third-order valence-corrected chi connectivity index (χ3v) is 2.61. The largest absolute Gasteiger partial charge is 0.465 e. The smallest absolute Gasteiger partial charge is 0.316 e. The highest BCUT2D eigenvalue weighted by molar-refractivity contribution is 7.99. The Morgan fingerprint density at radius 1 is 1.59 bits per heavy atom. The first-order valence-corrected chi connectivity index (χ1v) is 5.68. The van der Waals surface area contributed by atoms with Crippen LogP contribution in [-0.4, -0.2) is 23.3 Å². The predicted molar refractivity (Wildman–Crippen MR) is 59.3 cm³/mol. The van der Waals surface area contributed by atoms with Crippen LogP contribution in [0.25, 0.3) is 0 Å². The lowest BCUT2D eigenvalue weighted by molar-refractivity contribution is -0.139. The maximum absolute atomic E-state index is 13.3. The summed E-state index contributed by atoms with van der Waals surface area (Å²) in [6.45, 7) is 1.91. The van der Waals surface area contributed by atoms with E-state index < -0.39 is 17.6 Å². The second-order valence-electron chi connectivity index (χ2n) is 2.84. The summed E-state index contributed by atoms with van der Waals surface area (Å²) in [6, 6.07) is 0.648. The Balaban J connectivity index is 2.74. The lowest BCUT2D eigenvalue weighted by Crippen LogP contribution is -2.12. The Morgan fingerprint density at radius 3 is 2.88 bits per heavy atom. The highest BCUT2D eigenvalue weighted by Gasteiger charge is 2.13. The molecule has 1 aromatic rings. The zero-order valence-electron chi connectivity index (χ0n) is 9.00. The molecule has 0 bridgehead atoms. The summed E-state index contributed by atoms with van der Waals surface area (Å²) in [5.74, 6) is 2.37. The van der Waals surface area contributed by atoms with Crippen LogP contribution in [0.1, 0.15) is 6.92 Å². The van der Waals surface area contributed by atoms with Gasteiger partial charge in [0.05, 0.1) is 12.4 Å². The van der Waals surface area contributed by atoms with Crippen LogP contribution in [-0.2, 0) is 9.53 Å². The van der Waals surface area contributed by atoms with Crippen LogP contribution in [0, 0.1) is 11.6 Å². The number of thioether (sulfide) groups is 1. The van der Waals surface area contributed by atoms with E-state index in [1.165, 1.54) is 0 Å². The first-order chi connectivity index (χ1) is 8.08. The van der Waals surface area contributed by atoms with E-state index in [2.05, 4.69) is 9.72 Å². The SMILES string of the molecule is CCOC(=O)CSc1nc(NN)c(F)cc1F. The van der Waals surface area contributed by atoms with Crippen LogP contribution < -0.4 is 11.3 Å². The summed E-state index contributed by atoms with van der Waals surface area (Å²) in [6.07, 6.45) is 0. The molecule has 0 aliphatic rings. The van der Waals surface area contributed by atoms with Gasteiger partial charge in [-0.25, -0.2) is 19.6 Å². The number of halogens is 2. The number of nitrogen functional groups attached to an aromatic ring is 1. The number of hydrogen-bond acceptors (Lipinski definition) is 6. The van der Waals surface area contributed by atoms with Gasteiger partial charge < -0.3 is 10.2 Å². The van der Waals surface area contributed by atoms with Crippen LogP contribution in [0.2, 0.25) is 0 Å². The summed E-state index contributed by atoms with van der Waals surface area (Å²) < 4.78 is 30.9. The van der Waals surface area contributed by atoms with Gasteiger partial charge in [-0.2, -0.15) is 0 Å². The Bertz CT molecular complexity index is 417. The minimum absolute atomic E-state index is 0.104. The zero-order valence-corrected chi connectivity index (χ0v) is 9.81. The highest BCUT2D eigenvalue weighted by Crippen LogP contribution is 2.23. The van der Waals surface area contributed by atoms with E-state index >= 15 is 0 Å². The van der Waals surface area contributed by atoms with E-state index in [-0.39, 0.29) is 23.2 Å². The minimum Gasteiger partial charge on any atom is -0.465 e. The number of pyridine rings is 1. The zero-order chi connectivity index (χ0) is 12.8. The van der Waals surface area contributed by atoms with Crippen LogP contribution in [0.3, 0.4) is 0 Å². The van der Waals surface area contributed by atoms with Gasteiger partial charge in [-0.3, -0.25) is 4.79 Å². The van der Waals surface area contributed by atoms with E-state index in [4.69, 9.17) is 5.84 Å². The van der Waals surface area contributed by atoms with Crippen LogP contribution in [0.4, 0.5) is 14.6 Å². The maximum Gasteiger partial charge on any atom is 0.316 e. The second-order valence-corrected chi connectivity index (χ2v) is 3.81. The number of carbonyl (C=O) groups excluding carboxylic acids is 1. The number of esters is 1. The van der Waals surface area contributed by atoms with Crippen molar-refractivity contribution in [3.8, 4) is 0 Å². The Kier molecular flexibility index (Phi) is 5.11. The fraction of sp³-hybridized carbons (Fsp3) is 0.333. The summed E-state index contributed by atoms with van der Waals surface area (Å²) in [4.78, 5) is 14.6. The van der Waals surface area contributed by atoms with Crippen molar-refractivity contribution < 1.29 is 18.3 Å². The first kappa shape index (κ1) is 13.7. The molecule has 0 atom stereocenters.